The summed E-state index contributed by atoms with van der Waals surface area (Å²) in [6, 6.07) is 1.36. The van der Waals surface area contributed by atoms with Crippen LogP contribution in [0.5, 0.6) is 0 Å². The zero-order valence-corrected chi connectivity index (χ0v) is 23.0. The van der Waals surface area contributed by atoms with E-state index in [2.05, 4.69) is 5.32 Å². The van der Waals surface area contributed by atoms with E-state index >= 15 is 0 Å². The van der Waals surface area contributed by atoms with Crippen molar-refractivity contribution in [3.63, 3.8) is 0 Å². The van der Waals surface area contributed by atoms with Gasteiger partial charge >= 0.3 is 18.0 Å². The third-order valence-electron chi connectivity index (χ3n) is 6.36. The lowest BCUT2D eigenvalue weighted by Gasteiger charge is -2.48. The molecule has 0 aromatic heterocycles. The first-order valence-corrected chi connectivity index (χ1v) is 13.3. The molecule has 37 heavy (non-hydrogen) atoms. The van der Waals surface area contributed by atoms with Crippen LogP contribution in [0.1, 0.15) is 25.0 Å². The SMILES string of the molecule is Cc1cc(C(F)(C(F)(F)F)C(F)(F)F)ccc1NC(=O)C1C=CC=C(I)C1(C(N)=O)C(C)(C)CS(C)=O. The number of carbonyl (C=O) groups excluding carboxylic acids is 2. The quantitative estimate of drug-likeness (QED) is 0.293. The van der Waals surface area contributed by atoms with Crippen molar-refractivity contribution in [2.24, 2.45) is 22.5 Å². The summed E-state index contributed by atoms with van der Waals surface area (Å²) in [6.45, 7) is 4.32. The molecule has 2 amide bonds. The second-order valence-electron chi connectivity index (χ2n) is 9.32. The van der Waals surface area contributed by atoms with Gasteiger partial charge in [0.15, 0.2) is 0 Å². The van der Waals surface area contributed by atoms with Gasteiger partial charge in [-0.3, -0.25) is 13.8 Å². The number of alkyl halides is 7. The van der Waals surface area contributed by atoms with Gasteiger partial charge < -0.3 is 11.1 Å². The lowest BCUT2D eigenvalue weighted by molar-refractivity contribution is -0.348. The molecule has 5 nitrogen and oxygen atoms in total. The third kappa shape index (κ3) is 5.32. The van der Waals surface area contributed by atoms with Crippen LogP contribution in [0.2, 0.25) is 0 Å². The van der Waals surface area contributed by atoms with Gasteiger partial charge in [0.2, 0.25) is 11.8 Å². The van der Waals surface area contributed by atoms with Crippen LogP contribution in [0.3, 0.4) is 0 Å². The number of allylic oxidation sites excluding steroid dienone is 2. The summed E-state index contributed by atoms with van der Waals surface area (Å²) in [5.74, 6) is -3.03. The van der Waals surface area contributed by atoms with E-state index < -0.39 is 62.9 Å². The monoisotopic (exact) mass is 668 g/mol. The molecule has 0 radical (unpaired) electrons. The van der Waals surface area contributed by atoms with Gasteiger partial charge in [0.05, 0.1) is 5.92 Å². The summed E-state index contributed by atoms with van der Waals surface area (Å²) in [5, 5.41) is 2.40. The molecule has 0 heterocycles. The van der Waals surface area contributed by atoms with Crippen LogP contribution in [0.25, 0.3) is 0 Å². The average molecular weight is 668 g/mol. The number of halogens is 8. The molecule has 3 unspecified atom stereocenters. The minimum atomic E-state index is -6.29. The Morgan fingerprint density at radius 3 is 2.08 bits per heavy atom. The summed E-state index contributed by atoms with van der Waals surface area (Å²) in [4.78, 5) is 26.3. The summed E-state index contributed by atoms with van der Waals surface area (Å²) in [5.41, 5.74) is -4.80. The number of amides is 2. The Morgan fingerprint density at radius 2 is 1.65 bits per heavy atom. The van der Waals surface area contributed by atoms with Crippen LogP contribution in [0, 0.1) is 23.7 Å². The molecule has 14 heteroatoms. The van der Waals surface area contributed by atoms with Crippen molar-refractivity contribution in [1.82, 2.24) is 0 Å². The van der Waals surface area contributed by atoms with E-state index in [1.54, 1.807) is 19.9 Å². The molecule has 206 valence electrons. The predicted octanol–water partition coefficient (Wildman–Crippen LogP) is 5.60. The first-order chi connectivity index (χ1) is 16.6. The largest absolute Gasteiger partial charge is 0.435 e. The van der Waals surface area contributed by atoms with Crippen molar-refractivity contribution >= 4 is 50.9 Å². The van der Waals surface area contributed by atoms with Crippen LogP contribution in [0.4, 0.5) is 36.4 Å². The molecule has 0 aliphatic heterocycles. The standard InChI is InChI=1S/C23H24F7IN2O3S/c1-12-10-13(21(24,22(25,26)27)23(28,29)30)8-9-15(12)33-17(34)14-6-5-7-16(31)20(14,18(32)35)19(2,3)11-37(4)36/h5-10,14H,11H2,1-4H3,(H2,32,35)(H,33,34). The highest BCUT2D eigenvalue weighted by Crippen LogP contribution is 2.56. The number of aryl methyl sites for hydroxylation is 1. The number of hydrogen-bond acceptors (Lipinski definition) is 3. The van der Waals surface area contributed by atoms with Crippen molar-refractivity contribution in [2.75, 3.05) is 17.3 Å². The van der Waals surface area contributed by atoms with Gasteiger partial charge in [-0.1, -0.05) is 44.2 Å². The van der Waals surface area contributed by atoms with Crippen molar-refractivity contribution < 1.29 is 44.5 Å². The molecule has 1 aromatic rings. The fourth-order valence-electron chi connectivity index (χ4n) is 4.65. The molecule has 1 aliphatic carbocycles. The van der Waals surface area contributed by atoms with Gasteiger partial charge in [-0.15, -0.1) is 0 Å². The van der Waals surface area contributed by atoms with Crippen LogP contribution in [-0.4, -0.2) is 40.4 Å². The maximum Gasteiger partial charge on any atom is 0.435 e. The topological polar surface area (TPSA) is 89.3 Å². The Kier molecular flexibility index (Phi) is 8.70. The molecule has 0 saturated carbocycles. The maximum atomic E-state index is 14.4. The van der Waals surface area contributed by atoms with Crippen LogP contribution < -0.4 is 11.1 Å². The molecule has 0 saturated heterocycles. The molecule has 3 atom stereocenters. The molecule has 1 aliphatic rings. The Labute approximate surface area is 224 Å². The molecule has 0 bridgehead atoms. The number of hydrogen-bond donors (Lipinski definition) is 2. The predicted molar refractivity (Wildman–Crippen MR) is 134 cm³/mol. The van der Waals surface area contributed by atoms with E-state index in [-0.39, 0.29) is 23.1 Å². The minimum Gasteiger partial charge on any atom is -0.369 e. The van der Waals surface area contributed by atoms with Gasteiger partial charge in [0.25, 0.3) is 0 Å². The Morgan fingerprint density at radius 1 is 1.11 bits per heavy atom. The second-order valence-corrected chi connectivity index (χ2v) is 11.9. The highest BCUT2D eigenvalue weighted by atomic mass is 127. The normalized spacial score (nSPS) is 21.8. The Bertz CT molecular complexity index is 1160. The Hall–Kier alpha value is -1.97. The fraction of sp³-hybridized carbons (Fsp3) is 0.478. The number of nitrogens with one attached hydrogen (secondary N) is 1. The van der Waals surface area contributed by atoms with Gasteiger partial charge in [-0.2, -0.15) is 26.3 Å². The molecule has 0 spiro atoms. The van der Waals surface area contributed by atoms with Crippen LogP contribution in [0.15, 0.2) is 40.0 Å². The summed E-state index contributed by atoms with van der Waals surface area (Å²) < 4.78 is 106. The lowest BCUT2D eigenvalue weighted by Crippen LogP contribution is -2.58. The number of nitrogens with two attached hydrogens (primary N) is 1. The summed E-state index contributed by atoms with van der Waals surface area (Å²) in [7, 11) is -1.40. The Balaban J connectivity index is 2.56. The zero-order valence-electron chi connectivity index (χ0n) is 20.0. The minimum absolute atomic E-state index is 0.0188. The van der Waals surface area contributed by atoms with Crippen molar-refractivity contribution in [1.29, 1.82) is 0 Å². The first kappa shape index (κ1) is 31.2. The van der Waals surface area contributed by atoms with E-state index in [0.29, 0.717) is 9.65 Å². The summed E-state index contributed by atoms with van der Waals surface area (Å²) >= 11 is 1.85. The van der Waals surface area contributed by atoms with Crippen LogP contribution in [-0.2, 0) is 26.1 Å². The number of carbonyl (C=O) groups is 2. The van der Waals surface area contributed by atoms with E-state index in [9.17, 15) is 44.5 Å². The zero-order chi connectivity index (χ0) is 28.8. The van der Waals surface area contributed by atoms with E-state index in [1.165, 1.54) is 18.4 Å². The van der Waals surface area contributed by atoms with Crippen molar-refractivity contribution in [3.8, 4) is 0 Å². The molecule has 0 fully saturated rings. The fourth-order valence-corrected chi connectivity index (χ4v) is 7.43. The number of primary amides is 1. The number of anilines is 1. The maximum absolute atomic E-state index is 14.4. The third-order valence-corrected chi connectivity index (χ3v) is 8.69. The lowest BCUT2D eigenvalue weighted by atomic mass is 9.57. The second kappa shape index (κ2) is 10.3. The summed E-state index contributed by atoms with van der Waals surface area (Å²) in [6.07, 6.45) is -6.73. The van der Waals surface area contributed by atoms with E-state index in [4.69, 9.17) is 5.73 Å². The molecule has 1 aromatic carbocycles. The van der Waals surface area contributed by atoms with Crippen LogP contribution >= 0.6 is 22.6 Å². The van der Waals surface area contributed by atoms with E-state index in [0.717, 1.165) is 13.0 Å². The molecular formula is C23H24F7IN2O3S. The number of benzene rings is 1. The average Bonchev–Trinajstić information content (AvgIpc) is 2.71. The van der Waals surface area contributed by atoms with Gasteiger partial charge in [-0.25, -0.2) is 4.39 Å². The highest BCUT2D eigenvalue weighted by Gasteiger charge is 2.73. The number of rotatable bonds is 7. The molecule has 2 rings (SSSR count). The molecular weight excluding hydrogens is 644 g/mol. The van der Waals surface area contributed by atoms with Gasteiger partial charge in [0.1, 0.15) is 5.41 Å². The van der Waals surface area contributed by atoms with Crippen molar-refractivity contribution in [3.05, 3.63) is 51.1 Å². The first-order valence-electron chi connectivity index (χ1n) is 10.5. The van der Waals surface area contributed by atoms with E-state index in [1.807, 2.05) is 22.6 Å². The smallest absolute Gasteiger partial charge is 0.369 e. The van der Waals surface area contributed by atoms with Gasteiger partial charge in [-0.05, 0) is 46.6 Å². The molecule has 3 N–H and O–H groups in total. The van der Waals surface area contributed by atoms with Gasteiger partial charge in [0, 0.05) is 37.6 Å². The van der Waals surface area contributed by atoms with Crippen molar-refractivity contribution in [2.45, 2.75) is 38.8 Å². The highest BCUT2D eigenvalue weighted by molar-refractivity contribution is 14.1.